The minimum atomic E-state index is -0.460. The minimum Gasteiger partial charge on any atom is -0.493 e. The largest absolute Gasteiger partial charge is 0.493 e. The molecule has 0 amide bonds. The van der Waals surface area contributed by atoms with Crippen LogP contribution in [0.5, 0.6) is 11.5 Å². The Morgan fingerprint density at radius 2 is 1.70 bits per heavy atom. The SMILES string of the molecule is COc1cc2c(cc1OC)CN(C[C@H](O)c1ccccc1)CC2. The second kappa shape index (κ2) is 7.02. The number of ether oxygens (including phenoxy) is 2. The molecule has 4 nitrogen and oxygen atoms in total. The Bertz CT molecular complexity index is 657. The average Bonchev–Trinajstić information content (AvgIpc) is 2.61. The standard InChI is InChI=1S/C19H23NO3/c1-22-18-10-15-8-9-20(12-16(15)11-19(18)23-2)13-17(21)14-6-4-3-5-7-14/h3-7,10-11,17,21H,8-9,12-13H2,1-2H3/t17-/m0/s1. The van der Waals surface area contributed by atoms with Gasteiger partial charge in [-0.2, -0.15) is 0 Å². The number of hydrogen-bond acceptors (Lipinski definition) is 4. The molecule has 0 aromatic heterocycles. The van der Waals surface area contributed by atoms with Crippen molar-refractivity contribution < 1.29 is 14.6 Å². The molecular weight excluding hydrogens is 290 g/mol. The molecule has 3 rings (SSSR count). The van der Waals surface area contributed by atoms with E-state index in [9.17, 15) is 5.11 Å². The van der Waals surface area contributed by atoms with E-state index in [1.807, 2.05) is 30.3 Å². The summed E-state index contributed by atoms with van der Waals surface area (Å²) in [5.41, 5.74) is 3.51. The summed E-state index contributed by atoms with van der Waals surface area (Å²) < 4.78 is 10.8. The van der Waals surface area contributed by atoms with Gasteiger partial charge in [0.2, 0.25) is 0 Å². The fourth-order valence-electron chi connectivity index (χ4n) is 3.12. The molecule has 0 aliphatic carbocycles. The second-order valence-electron chi connectivity index (χ2n) is 5.89. The summed E-state index contributed by atoms with van der Waals surface area (Å²) in [6.07, 6.45) is 0.495. The van der Waals surface area contributed by atoms with Crippen molar-refractivity contribution in [2.45, 2.75) is 19.1 Å². The van der Waals surface area contributed by atoms with Crippen LogP contribution in [0.4, 0.5) is 0 Å². The number of nitrogens with zero attached hydrogens (tertiary/aromatic N) is 1. The van der Waals surface area contributed by atoms with Crippen molar-refractivity contribution in [2.24, 2.45) is 0 Å². The third kappa shape index (κ3) is 3.49. The lowest BCUT2D eigenvalue weighted by Crippen LogP contribution is -2.34. The van der Waals surface area contributed by atoms with Crippen LogP contribution in [0.3, 0.4) is 0 Å². The maximum atomic E-state index is 10.4. The van der Waals surface area contributed by atoms with E-state index >= 15 is 0 Å². The number of hydrogen-bond donors (Lipinski definition) is 1. The van der Waals surface area contributed by atoms with E-state index < -0.39 is 6.10 Å². The summed E-state index contributed by atoms with van der Waals surface area (Å²) >= 11 is 0. The van der Waals surface area contributed by atoms with E-state index in [2.05, 4.69) is 17.0 Å². The van der Waals surface area contributed by atoms with Gasteiger partial charge in [0.25, 0.3) is 0 Å². The van der Waals surface area contributed by atoms with Gasteiger partial charge in [-0.15, -0.1) is 0 Å². The Hall–Kier alpha value is -2.04. The number of aliphatic hydroxyl groups excluding tert-OH is 1. The molecule has 1 aliphatic rings. The lowest BCUT2D eigenvalue weighted by Gasteiger charge is -2.31. The van der Waals surface area contributed by atoms with Crippen LogP contribution in [0.25, 0.3) is 0 Å². The average molecular weight is 313 g/mol. The van der Waals surface area contributed by atoms with Gasteiger partial charge in [0.15, 0.2) is 11.5 Å². The molecule has 2 aromatic rings. The van der Waals surface area contributed by atoms with Crippen molar-refractivity contribution in [2.75, 3.05) is 27.3 Å². The normalized spacial score (nSPS) is 15.8. The van der Waals surface area contributed by atoms with Crippen molar-refractivity contribution in [3.63, 3.8) is 0 Å². The summed E-state index contributed by atoms with van der Waals surface area (Å²) in [4.78, 5) is 2.28. The van der Waals surface area contributed by atoms with E-state index in [0.717, 1.165) is 36.6 Å². The predicted molar refractivity (Wildman–Crippen MR) is 89.9 cm³/mol. The first-order chi connectivity index (χ1) is 11.2. The zero-order valence-electron chi connectivity index (χ0n) is 13.7. The van der Waals surface area contributed by atoms with Gasteiger partial charge in [0.05, 0.1) is 20.3 Å². The van der Waals surface area contributed by atoms with E-state index in [0.29, 0.717) is 6.54 Å². The van der Waals surface area contributed by atoms with E-state index in [4.69, 9.17) is 9.47 Å². The van der Waals surface area contributed by atoms with Crippen LogP contribution in [0.15, 0.2) is 42.5 Å². The molecule has 0 unspecified atom stereocenters. The van der Waals surface area contributed by atoms with Crippen LogP contribution in [-0.4, -0.2) is 37.3 Å². The number of fused-ring (bicyclic) bond motifs is 1. The lowest BCUT2D eigenvalue weighted by atomic mass is 9.98. The van der Waals surface area contributed by atoms with Crippen LogP contribution in [0, 0.1) is 0 Å². The molecule has 0 spiro atoms. The van der Waals surface area contributed by atoms with Crippen LogP contribution in [0.2, 0.25) is 0 Å². The smallest absolute Gasteiger partial charge is 0.161 e. The van der Waals surface area contributed by atoms with Gasteiger partial charge in [-0.05, 0) is 35.2 Å². The molecule has 0 saturated carbocycles. The maximum absolute atomic E-state index is 10.4. The van der Waals surface area contributed by atoms with Crippen LogP contribution < -0.4 is 9.47 Å². The Morgan fingerprint density at radius 3 is 2.35 bits per heavy atom. The summed E-state index contributed by atoms with van der Waals surface area (Å²) in [6, 6.07) is 13.9. The number of aliphatic hydroxyl groups is 1. The Balaban J connectivity index is 1.72. The lowest BCUT2D eigenvalue weighted by molar-refractivity contribution is 0.106. The van der Waals surface area contributed by atoms with Gasteiger partial charge >= 0.3 is 0 Å². The maximum Gasteiger partial charge on any atom is 0.161 e. The number of benzene rings is 2. The first-order valence-electron chi connectivity index (χ1n) is 7.90. The fourth-order valence-corrected chi connectivity index (χ4v) is 3.12. The highest BCUT2D eigenvalue weighted by atomic mass is 16.5. The highest BCUT2D eigenvalue weighted by molar-refractivity contribution is 5.48. The summed E-state index contributed by atoms with van der Waals surface area (Å²) in [7, 11) is 3.32. The van der Waals surface area contributed by atoms with Crippen molar-refractivity contribution in [1.82, 2.24) is 4.90 Å². The van der Waals surface area contributed by atoms with Gasteiger partial charge in [-0.1, -0.05) is 30.3 Å². The van der Waals surface area contributed by atoms with Gasteiger partial charge in [-0.3, -0.25) is 4.90 Å². The van der Waals surface area contributed by atoms with Crippen LogP contribution >= 0.6 is 0 Å². The Morgan fingerprint density at radius 1 is 1.04 bits per heavy atom. The Labute approximate surface area is 137 Å². The van der Waals surface area contributed by atoms with E-state index in [1.165, 1.54) is 11.1 Å². The van der Waals surface area contributed by atoms with Crippen molar-refractivity contribution in [1.29, 1.82) is 0 Å². The Kier molecular flexibility index (Phi) is 4.84. The molecule has 1 N–H and O–H groups in total. The second-order valence-corrected chi connectivity index (χ2v) is 5.89. The molecule has 0 bridgehead atoms. The molecule has 23 heavy (non-hydrogen) atoms. The van der Waals surface area contributed by atoms with Gasteiger partial charge in [0, 0.05) is 19.6 Å². The zero-order chi connectivity index (χ0) is 16.2. The molecule has 1 heterocycles. The molecular formula is C19H23NO3. The zero-order valence-corrected chi connectivity index (χ0v) is 13.7. The topological polar surface area (TPSA) is 41.9 Å². The molecule has 4 heteroatoms. The monoisotopic (exact) mass is 313 g/mol. The summed E-state index contributed by atoms with van der Waals surface area (Å²) in [6.45, 7) is 2.39. The number of β-amino-alcohol motifs (C(OH)–C–C–N with tert-alkyl or cyclic N) is 1. The third-order valence-electron chi connectivity index (χ3n) is 4.41. The first kappa shape index (κ1) is 15.8. The number of rotatable bonds is 5. The van der Waals surface area contributed by atoms with Gasteiger partial charge in [-0.25, -0.2) is 0 Å². The number of methoxy groups -OCH3 is 2. The quantitative estimate of drug-likeness (QED) is 0.922. The fraction of sp³-hybridized carbons (Fsp3) is 0.368. The molecule has 1 atom stereocenters. The van der Waals surface area contributed by atoms with Crippen molar-refractivity contribution in [3.05, 3.63) is 59.2 Å². The van der Waals surface area contributed by atoms with Crippen LogP contribution in [0.1, 0.15) is 22.8 Å². The molecule has 2 aromatic carbocycles. The summed E-state index contributed by atoms with van der Waals surface area (Å²) in [5.74, 6) is 1.54. The van der Waals surface area contributed by atoms with Crippen molar-refractivity contribution in [3.8, 4) is 11.5 Å². The molecule has 122 valence electrons. The summed E-state index contributed by atoms with van der Waals surface area (Å²) in [5, 5.41) is 10.4. The predicted octanol–water partition coefficient (Wildman–Crippen LogP) is 2.80. The van der Waals surface area contributed by atoms with Crippen LogP contribution in [-0.2, 0) is 13.0 Å². The molecule has 0 saturated heterocycles. The van der Waals surface area contributed by atoms with Gasteiger partial charge < -0.3 is 14.6 Å². The highest BCUT2D eigenvalue weighted by Gasteiger charge is 2.21. The highest BCUT2D eigenvalue weighted by Crippen LogP contribution is 2.33. The minimum absolute atomic E-state index is 0.460. The molecule has 1 aliphatic heterocycles. The van der Waals surface area contributed by atoms with E-state index in [1.54, 1.807) is 14.2 Å². The third-order valence-corrected chi connectivity index (χ3v) is 4.41. The van der Waals surface area contributed by atoms with Gasteiger partial charge in [0.1, 0.15) is 0 Å². The van der Waals surface area contributed by atoms with E-state index in [-0.39, 0.29) is 0 Å². The molecule has 0 radical (unpaired) electrons. The first-order valence-corrected chi connectivity index (χ1v) is 7.90. The van der Waals surface area contributed by atoms with Crippen molar-refractivity contribution >= 4 is 0 Å². The molecule has 0 fully saturated rings.